The summed E-state index contributed by atoms with van der Waals surface area (Å²) in [5.41, 5.74) is 0.727. The Bertz CT molecular complexity index is 798. The Morgan fingerprint density at radius 1 is 1.27 bits per heavy atom. The zero-order chi connectivity index (χ0) is 15.5. The number of rotatable bonds is 4. The highest BCUT2D eigenvalue weighted by atomic mass is 32.1. The van der Waals surface area contributed by atoms with E-state index in [1.165, 1.54) is 22.7 Å². The summed E-state index contributed by atoms with van der Waals surface area (Å²) in [6.45, 7) is 1.92. The van der Waals surface area contributed by atoms with Crippen LogP contribution in [0.3, 0.4) is 0 Å². The van der Waals surface area contributed by atoms with Crippen molar-refractivity contribution in [2.45, 2.75) is 6.92 Å². The Hall–Kier alpha value is -2.32. The summed E-state index contributed by atoms with van der Waals surface area (Å²) in [7, 11) is 1.54. The van der Waals surface area contributed by atoms with Crippen molar-refractivity contribution < 1.29 is 9.53 Å². The third kappa shape index (κ3) is 2.97. The fourth-order valence-corrected chi connectivity index (χ4v) is 3.41. The maximum absolute atomic E-state index is 12.3. The van der Waals surface area contributed by atoms with Gasteiger partial charge in [0.2, 0.25) is 5.13 Å². The number of amides is 1. The van der Waals surface area contributed by atoms with Gasteiger partial charge in [-0.1, -0.05) is 17.4 Å². The second-order valence-corrected chi connectivity index (χ2v) is 6.57. The van der Waals surface area contributed by atoms with Crippen LogP contribution in [0.4, 0.5) is 5.13 Å². The van der Waals surface area contributed by atoms with Crippen LogP contribution in [0.2, 0.25) is 0 Å². The SMILES string of the molecule is COc1cc(C)sc1C(=O)Nc1nnc(-c2ccccn2)s1. The number of ether oxygens (including phenoxy) is 1. The zero-order valence-electron chi connectivity index (χ0n) is 11.9. The molecule has 8 heteroatoms. The number of nitrogens with zero attached hydrogens (tertiary/aromatic N) is 3. The molecule has 0 spiro atoms. The number of aromatic nitrogens is 3. The van der Waals surface area contributed by atoms with Crippen molar-refractivity contribution in [1.29, 1.82) is 0 Å². The zero-order valence-corrected chi connectivity index (χ0v) is 13.5. The molecule has 0 saturated heterocycles. The number of hydrogen-bond acceptors (Lipinski definition) is 7. The van der Waals surface area contributed by atoms with Crippen LogP contribution in [0.25, 0.3) is 10.7 Å². The van der Waals surface area contributed by atoms with Gasteiger partial charge in [-0.25, -0.2) is 0 Å². The van der Waals surface area contributed by atoms with Crippen molar-refractivity contribution in [3.8, 4) is 16.5 Å². The molecule has 0 unspecified atom stereocenters. The number of methoxy groups -OCH3 is 1. The van der Waals surface area contributed by atoms with Crippen LogP contribution in [0.5, 0.6) is 5.75 Å². The molecule has 3 heterocycles. The average molecular weight is 332 g/mol. The fourth-order valence-electron chi connectivity index (χ4n) is 1.82. The second kappa shape index (κ2) is 6.20. The molecule has 1 N–H and O–H groups in total. The Labute approximate surface area is 134 Å². The molecule has 6 nitrogen and oxygen atoms in total. The first-order valence-corrected chi connectivity index (χ1v) is 8.01. The maximum atomic E-state index is 12.3. The number of carbonyl (C=O) groups is 1. The predicted octanol–water partition coefficient (Wildman–Crippen LogP) is 3.23. The Morgan fingerprint density at radius 3 is 2.86 bits per heavy atom. The van der Waals surface area contributed by atoms with Gasteiger partial charge in [0.25, 0.3) is 5.91 Å². The molecule has 0 fully saturated rings. The first kappa shape index (κ1) is 14.6. The summed E-state index contributed by atoms with van der Waals surface area (Å²) in [5, 5.41) is 11.9. The van der Waals surface area contributed by atoms with Gasteiger partial charge in [-0.05, 0) is 25.1 Å². The molecule has 1 amide bonds. The van der Waals surface area contributed by atoms with Gasteiger partial charge in [0.1, 0.15) is 16.3 Å². The van der Waals surface area contributed by atoms with Gasteiger partial charge in [0.05, 0.1) is 7.11 Å². The van der Waals surface area contributed by atoms with Crippen LogP contribution in [0.15, 0.2) is 30.5 Å². The van der Waals surface area contributed by atoms with Crippen molar-refractivity contribution in [3.63, 3.8) is 0 Å². The van der Waals surface area contributed by atoms with E-state index in [1.807, 2.05) is 31.2 Å². The number of thiophene rings is 1. The van der Waals surface area contributed by atoms with E-state index in [4.69, 9.17) is 4.74 Å². The number of carbonyl (C=O) groups excluding carboxylic acids is 1. The van der Waals surface area contributed by atoms with Gasteiger partial charge in [0, 0.05) is 11.1 Å². The molecule has 22 heavy (non-hydrogen) atoms. The molecule has 112 valence electrons. The summed E-state index contributed by atoms with van der Waals surface area (Å²) in [6, 6.07) is 7.39. The highest BCUT2D eigenvalue weighted by Gasteiger charge is 2.18. The van der Waals surface area contributed by atoms with Crippen LogP contribution in [-0.4, -0.2) is 28.2 Å². The van der Waals surface area contributed by atoms with Crippen LogP contribution in [-0.2, 0) is 0 Å². The first-order chi connectivity index (χ1) is 10.7. The minimum absolute atomic E-state index is 0.251. The Morgan fingerprint density at radius 2 is 2.14 bits per heavy atom. The number of anilines is 1. The van der Waals surface area contributed by atoms with Crippen molar-refractivity contribution in [3.05, 3.63) is 40.2 Å². The molecule has 0 aliphatic carbocycles. The highest BCUT2D eigenvalue weighted by Crippen LogP contribution is 2.30. The first-order valence-electron chi connectivity index (χ1n) is 6.38. The quantitative estimate of drug-likeness (QED) is 0.794. The molecule has 0 aliphatic rings. The molecule has 0 radical (unpaired) electrons. The number of aryl methyl sites for hydroxylation is 1. The van der Waals surface area contributed by atoms with Gasteiger partial charge in [-0.15, -0.1) is 21.5 Å². The smallest absolute Gasteiger partial charge is 0.271 e. The molecule has 0 atom stereocenters. The Balaban J connectivity index is 1.79. The minimum Gasteiger partial charge on any atom is -0.495 e. The summed E-state index contributed by atoms with van der Waals surface area (Å²) in [6.07, 6.45) is 1.69. The van der Waals surface area contributed by atoms with Gasteiger partial charge in [-0.3, -0.25) is 15.1 Å². The molecule has 0 saturated carbocycles. The lowest BCUT2D eigenvalue weighted by Crippen LogP contribution is -2.10. The minimum atomic E-state index is -0.251. The second-order valence-electron chi connectivity index (χ2n) is 4.34. The van der Waals surface area contributed by atoms with Crippen LogP contribution in [0.1, 0.15) is 14.5 Å². The van der Waals surface area contributed by atoms with Crippen molar-refractivity contribution in [1.82, 2.24) is 15.2 Å². The van der Waals surface area contributed by atoms with E-state index in [9.17, 15) is 4.79 Å². The standard InChI is InChI=1S/C14H12N4O2S2/c1-8-7-10(20-2)11(21-8)12(19)16-14-18-17-13(22-14)9-5-3-4-6-15-9/h3-7H,1-2H3,(H,16,18,19). The number of hydrogen-bond donors (Lipinski definition) is 1. The predicted molar refractivity (Wildman–Crippen MR) is 86.7 cm³/mol. The summed E-state index contributed by atoms with van der Waals surface area (Å²) in [5.74, 6) is 0.313. The van der Waals surface area contributed by atoms with E-state index in [-0.39, 0.29) is 5.91 Å². The Kier molecular flexibility index (Phi) is 4.12. The largest absolute Gasteiger partial charge is 0.495 e. The maximum Gasteiger partial charge on any atom is 0.271 e. The molecule has 3 aromatic heterocycles. The van der Waals surface area contributed by atoms with Gasteiger partial charge >= 0.3 is 0 Å². The summed E-state index contributed by atoms with van der Waals surface area (Å²) >= 11 is 2.65. The molecule has 0 aromatic carbocycles. The fraction of sp³-hybridized carbons (Fsp3) is 0.143. The molecule has 3 rings (SSSR count). The monoisotopic (exact) mass is 332 g/mol. The van der Waals surface area contributed by atoms with E-state index in [0.29, 0.717) is 20.8 Å². The normalized spacial score (nSPS) is 10.5. The topological polar surface area (TPSA) is 77.0 Å². The summed E-state index contributed by atoms with van der Waals surface area (Å²) in [4.78, 5) is 18.0. The van der Waals surface area contributed by atoms with Gasteiger partial charge in [0.15, 0.2) is 5.01 Å². The van der Waals surface area contributed by atoms with E-state index < -0.39 is 0 Å². The molecule has 0 aliphatic heterocycles. The van der Waals surface area contributed by atoms with Crippen LogP contribution < -0.4 is 10.1 Å². The lowest BCUT2D eigenvalue weighted by atomic mass is 10.4. The van der Waals surface area contributed by atoms with Crippen LogP contribution in [0, 0.1) is 6.92 Å². The van der Waals surface area contributed by atoms with E-state index in [2.05, 4.69) is 20.5 Å². The highest BCUT2D eigenvalue weighted by molar-refractivity contribution is 7.18. The third-order valence-corrected chi connectivity index (χ3v) is 4.67. The number of pyridine rings is 1. The van der Waals surface area contributed by atoms with Gasteiger partial charge in [-0.2, -0.15) is 0 Å². The lowest BCUT2D eigenvalue weighted by Gasteiger charge is -2.01. The van der Waals surface area contributed by atoms with E-state index in [1.54, 1.807) is 13.3 Å². The van der Waals surface area contributed by atoms with E-state index >= 15 is 0 Å². The van der Waals surface area contributed by atoms with Gasteiger partial charge < -0.3 is 4.74 Å². The third-order valence-electron chi connectivity index (χ3n) is 2.78. The average Bonchev–Trinajstić information content (AvgIpc) is 3.14. The van der Waals surface area contributed by atoms with Crippen molar-refractivity contribution in [2.75, 3.05) is 12.4 Å². The van der Waals surface area contributed by atoms with Crippen LogP contribution >= 0.6 is 22.7 Å². The molecular weight excluding hydrogens is 320 g/mol. The molecule has 3 aromatic rings. The lowest BCUT2D eigenvalue weighted by molar-refractivity contribution is 0.102. The number of nitrogens with one attached hydrogen (secondary N) is 1. The van der Waals surface area contributed by atoms with Crippen molar-refractivity contribution in [2.24, 2.45) is 0 Å². The van der Waals surface area contributed by atoms with Crippen molar-refractivity contribution >= 4 is 33.7 Å². The summed E-state index contributed by atoms with van der Waals surface area (Å²) < 4.78 is 5.21. The molecular formula is C14H12N4O2S2. The molecule has 0 bridgehead atoms. The van der Waals surface area contributed by atoms with E-state index in [0.717, 1.165) is 10.6 Å².